The molecule has 0 bridgehead atoms. The van der Waals surface area contributed by atoms with Crippen LogP contribution >= 0.6 is 0 Å². The number of hydrogen-bond donors (Lipinski definition) is 1. The number of nitrogens with zero attached hydrogens (tertiary/aromatic N) is 3. The molecule has 5 heteroatoms. The van der Waals surface area contributed by atoms with Crippen LogP contribution in [-0.2, 0) is 5.41 Å². The van der Waals surface area contributed by atoms with Gasteiger partial charge in [0.1, 0.15) is 11.5 Å². The molecule has 2 rings (SSSR count). The Morgan fingerprint density at radius 2 is 1.94 bits per heavy atom. The first-order valence-corrected chi connectivity index (χ1v) is 5.02. The SMILES string of the molecule is CC(C)(C)c1nc(-c2cccc(F)n2)n[nH]1. The van der Waals surface area contributed by atoms with Crippen LogP contribution in [0.2, 0.25) is 0 Å². The quantitative estimate of drug-likeness (QED) is 0.750. The van der Waals surface area contributed by atoms with Crippen molar-refractivity contribution in [3.8, 4) is 11.5 Å². The van der Waals surface area contributed by atoms with Crippen molar-refractivity contribution in [3.63, 3.8) is 0 Å². The molecular weight excluding hydrogens is 207 g/mol. The standard InChI is InChI=1S/C11H13FN4/c1-11(2,3)10-14-9(15-16-10)7-5-4-6-8(12)13-7/h4-6H,1-3H3,(H,14,15,16). The van der Waals surface area contributed by atoms with Crippen LogP contribution in [0, 0.1) is 5.95 Å². The highest BCUT2D eigenvalue weighted by molar-refractivity contribution is 5.47. The Kier molecular flexibility index (Phi) is 2.46. The summed E-state index contributed by atoms with van der Waals surface area (Å²) in [5, 5.41) is 6.87. The van der Waals surface area contributed by atoms with Crippen molar-refractivity contribution in [1.29, 1.82) is 0 Å². The lowest BCUT2D eigenvalue weighted by Crippen LogP contribution is -2.13. The van der Waals surface area contributed by atoms with Gasteiger partial charge in [-0.05, 0) is 12.1 Å². The number of nitrogens with one attached hydrogen (secondary N) is 1. The summed E-state index contributed by atoms with van der Waals surface area (Å²) in [6.07, 6.45) is 0. The third-order valence-electron chi connectivity index (χ3n) is 2.14. The molecule has 0 atom stereocenters. The second-order valence-electron chi connectivity index (χ2n) is 4.60. The van der Waals surface area contributed by atoms with E-state index in [2.05, 4.69) is 20.2 Å². The average molecular weight is 220 g/mol. The van der Waals surface area contributed by atoms with Gasteiger partial charge in [-0.15, -0.1) is 0 Å². The van der Waals surface area contributed by atoms with Crippen molar-refractivity contribution in [3.05, 3.63) is 30.0 Å². The van der Waals surface area contributed by atoms with E-state index in [-0.39, 0.29) is 5.41 Å². The summed E-state index contributed by atoms with van der Waals surface area (Å²) in [7, 11) is 0. The minimum absolute atomic E-state index is 0.113. The second-order valence-corrected chi connectivity index (χ2v) is 4.60. The van der Waals surface area contributed by atoms with Gasteiger partial charge in [0.25, 0.3) is 0 Å². The Hall–Kier alpha value is -1.78. The molecule has 0 aliphatic rings. The van der Waals surface area contributed by atoms with E-state index in [1.807, 2.05) is 20.8 Å². The van der Waals surface area contributed by atoms with E-state index in [1.54, 1.807) is 12.1 Å². The van der Waals surface area contributed by atoms with Crippen LogP contribution in [0.15, 0.2) is 18.2 Å². The smallest absolute Gasteiger partial charge is 0.213 e. The summed E-state index contributed by atoms with van der Waals surface area (Å²) in [4.78, 5) is 8.02. The zero-order valence-electron chi connectivity index (χ0n) is 9.45. The summed E-state index contributed by atoms with van der Waals surface area (Å²) in [6, 6.07) is 4.56. The fourth-order valence-corrected chi connectivity index (χ4v) is 1.24. The van der Waals surface area contributed by atoms with Crippen molar-refractivity contribution >= 4 is 0 Å². The van der Waals surface area contributed by atoms with Crippen LogP contribution in [0.25, 0.3) is 11.5 Å². The normalized spacial score (nSPS) is 11.8. The topological polar surface area (TPSA) is 54.5 Å². The summed E-state index contributed by atoms with van der Waals surface area (Å²) in [5.74, 6) is 0.651. The van der Waals surface area contributed by atoms with Crippen molar-refractivity contribution < 1.29 is 4.39 Å². The highest BCUT2D eigenvalue weighted by Crippen LogP contribution is 2.20. The minimum atomic E-state index is -0.528. The highest BCUT2D eigenvalue weighted by atomic mass is 19.1. The summed E-state index contributed by atoms with van der Waals surface area (Å²) < 4.78 is 12.9. The van der Waals surface area contributed by atoms with E-state index >= 15 is 0 Å². The predicted octanol–water partition coefficient (Wildman–Crippen LogP) is 2.30. The number of aromatic nitrogens is 4. The van der Waals surface area contributed by atoms with E-state index in [4.69, 9.17) is 0 Å². The zero-order valence-corrected chi connectivity index (χ0v) is 9.45. The number of halogens is 1. The van der Waals surface area contributed by atoms with Gasteiger partial charge in [-0.2, -0.15) is 9.49 Å². The lowest BCUT2D eigenvalue weighted by atomic mass is 9.96. The monoisotopic (exact) mass is 220 g/mol. The van der Waals surface area contributed by atoms with Crippen LogP contribution < -0.4 is 0 Å². The molecule has 1 N–H and O–H groups in total. The van der Waals surface area contributed by atoms with E-state index < -0.39 is 5.95 Å². The Labute approximate surface area is 93.0 Å². The fraction of sp³-hybridized carbons (Fsp3) is 0.364. The van der Waals surface area contributed by atoms with Crippen LogP contribution in [0.4, 0.5) is 4.39 Å². The van der Waals surface area contributed by atoms with Crippen LogP contribution in [0.1, 0.15) is 26.6 Å². The Morgan fingerprint density at radius 1 is 1.19 bits per heavy atom. The van der Waals surface area contributed by atoms with Gasteiger partial charge in [0.15, 0.2) is 5.82 Å². The maximum Gasteiger partial charge on any atom is 0.213 e. The van der Waals surface area contributed by atoms with Gasteiger partial charge < -0.3 is 0 Å². The van der Waals surface area contributed by atoms with Crippen molar-refractivity contribution in [1.82, 2.24) is 20.2 Å². The Balaban J connectivity index is 2.39. The third-order valence-corrected chi connectivity index (χ3v) is 2.14. The lowest BCUT2D eigenvalue weighted by Gasteiger charge is -2.12. The van der Waals surface area contributed by atoms with Crippen molar-refractivity contribution in [2.24, 2.45) is 0 Å². The Morgan fingerprint density at radius 3 is 2.50 bits per heavy atom. The number of H-pyrrole nitrogens is 1. The summed E-state index contributed by atoms with van der Waals surface area (Å²) in [6.45, 7) is 6.07. The van der Waals surface area contributed by atoms with Crippen LogP contribution in [0.3, 0.4) is 0 Å². The molecule has 0 saturated heterocycles. The highest BCUT2D eigenvalue weighted by Gasteiger charge is 2.19. The lowest BCUT2D eigenvalue weighted by molar-refractivity contribution is 0.548. The maximum absolute atomic E-state index is 12.9. The molecule has 0 saturated carbocycles. The van der Waals surface area contributed by atoms with Crippen molar-refractivity contribution in [2.75, 3.05) is 0 Å². The molecule has 2 aromatic heterocycles. The molecule has 0 fully saturated rings. The maximum atomic E-state index is 12.9. The van der Waals surface area contributed by atoms with E-state index in [0.717, 1.165) is 5.82 Å². The van der Waals surface area contributed by atoms with Gasteiger partial charge in [0.05, 0.1) is 0 Å². The molecule has 0 aromatic carbocycles. The van der Waals surface area contributed by atoms with Gasteiger partial charge in [-0.1, -0.05) is 26.8 Å². The predicted molar refractivity (Wildman–Crippen MR) is 58.3 cm³/mol. The third kappa shape index (κ3) is 2.08. The Bertz CT molecular complexity index is 499. The first kappa shape index (κ1) is 10.7. The molecular formula is C11H13FN4. The first-order valence-electron chi connectivity index (χ1n) is 5.02. The van der Waals surface area contributed by atoms with Crippen LogP contribution in [-0.4, -0.2) is 20.2 Å². The second kappa shape index (κ2) is 3.66. The fourth-order valence-electron chi connectivity index (χ4n) is 1.24. The van der Waals surface area contributed by atoms with Gasteiger partial charge in [0.2, 0.25) is 5.95 Å². The summed E-state index contributed by atoms with van der Waals surface area (Å²) >= 11 is 0. The molecule has 0 spiro atoms. The molecule has 0 radical (unpaired) electrons. The van der Waals surface area contributed by atoms with Crippen molar-refractivity contribution in [2.45, 2.75) is 26.2 Å². The molecule has 2 heterocycles. The molecule has 0 aliphatic heterocycles. The van der Waals surface area contributed by atoms with Crippen LogP contribution in [0.5, 0.6) is 0 Å². The molecule has 84 valence electrons. The zero-order chi connectivity index (χ0) is 11.8. The molecule has 4 nitrogen and oxygen atoms in total. The number of aromatic amines is 1. The molecule has 2 aromatic rings. The summed E-state index contributed by atoms with van der Waals surface area (Å²) in [5.41, 5.74) is 0.324. The largest absolute Gasteiger partial charge is 0.262 e. The molecule has 0 amide bonds. The first-order chi connectivity index (χ1) is 7.47. The van der Waals surface area contributed by atoms with Gasteiger partial charge in [-0.3, -0.25) is 5.10 Å². The average Bonchev–Trinajstić information content (AvgIpc) is 2.65. The minimum Gasteiger partial charge on any atom is -0.262 e. The number of pyridine rings is 1. The van der Waals surface area contributed by atoms with E-state index in [9.17, 15) is 4.39 Å². The van der Waals surface area contributed by atoms with Gasteiger partial charge >= 0.3 is 0 Å². The van der Waals surface area contributed by atoms with E-state index in [1.165, 1.54) is 6.07 Å². The molecule has 0 unspecified atom stereocenters. The molecule has 0 aliphatic carbocycles. The number of rotatable bonds is 1. The molecule has 16 heavy (non-hydrogen) atoms. The van der Waals surface area contributed by atoms with Gasteiger partial charge in [-0.25, -0.2) is 9.97 Å². The number of hydrogen-bond acceptors (Lipinski definition) is 3. The van der Waals surface area contributed by atoms with E-state index in [0.29, 0.717) is 11.5 Å². The van der Waals surface area contributed by atoms with Gasteiger partial charge in [0, 0.05) is 5.41 Å².